The molecule has 2 atom stereocenters. The molecule has 2 aliphatic rings. The second-order valence-electron chi connectivity index (χ2n) is 5.86. The van der Waals surface area contributed by atoms with Crippen LogP contribution in [0.3, 0.4) is 0 Å². The number of hydrogen-bond donors (Lipinski definition) is 2. The summed E-state index contributed by atoms with van der Waals surface area (Å²) >= 11 is 0. The molecule has 1 aliphatic heterocycles. The van der Waals surface area contributed by atoms with Crippen LogP contribution in [0.15, 0.2) is 6.07 Å². The lowest BCUT2D eigenvalue weighted by molar-refractivity contribution is 0.183. The molecule has 0 aromatic carbocycles. The van der Waals surface area contributed by atoms with Gasteiger partial charge in [-0.3, -0.25) is 0 Å². The van der Waals surface area contributed by atoms with E-state index in [1.165, 1.54) is 12.8 Å². The van der Waals surface area contributed by atoms with Crippen LogP contribution in [0, 0.1) is 5.92 Å². The van der Waals surface area contributed by atoms with Crippen molar-refractivity contribution in [3.05, 3.63) is 11.9 Å². The third kappa shape index (κ3) is 3.20. The molecule has 1 aliphatic carbocycles. The van der Waals surface area contributed by atoms with Crippen LogP contribution < -0.4 is 10.6 Å². The number of aromatic nitrogens is 2. The number of nitrogens with zero attached hydrogens (tertiary/aromatic N) is 2. The fraction of sp³-hybridized carbons (Fsp3) is 0.733. The summed E-state index contributed by atoms with van der Waals surface area (Å²) < 4.78 is 5.47. The van der Waals surface area contributed by atoms with Crippen LogP contribution in [-0.2, 0) is 4.74 Å². The Balaban J connectivity index is 1.73. The molecule has 0 radical (unpaired) electrons. The smallest absolute Gasteiger partial charge is 0.136 e. The molecule has 2 fully saturated rings. The fourth-order valence-corrected chi connectivity index (χ4v) is 2.63. The highest BCUT2D eigenvalue weighted by molar-refractivity contribution is 5.48. The molecular formula is C15H24N4O. The third-order valence-corrected chi connectivity index (χ3v) is 4.09. The van der Waals surface area contributed by atoms with Gasteiger partial charge in [0.05, 0.1) is 6.61 Å². The van der Waals surface area contributed by atoms with Crippen molar-refractivity contribution in [2.24, 2.45) is 5.92 Å². The molecule has 110 valence electrons. The summed E-state index contributed by atoms with van der Waals surface area (Å²) in [6, 6.07) is 2.40. The maximum absolute atomic E-state index is 5.47. The van der Waals surface area contributed by atoms with Crippen molar-refractivity contribution in [1.82, 2.24) is 9.97 Å². The third-order valence-electron chi connectivity index (χ3n) is 4.09. The zero-order valence-corrected chi connectivity index (χ0v) is 12.4. The van der Waals surface area contributed by atoms with Gasteiger partial charge in [-0.1, -0.05) is 0 Å². The van der Waals surface area contributed by atoms with Crippen molar-refractivity contribution in [3.8, 4) is 0 Å². The summed E-state index contributed by atoms with van der Waals surface area (Å²) in [4.78, 5) is 9.29. The van der Waals surface area contributed by atoms with Crippen LogP contribution in [-0.4, -0.2) is 35.8 Å². The number of hydrogen-bond acceptors (Lipinski definition) is 5. The van der Waals surface area contributed by atoms with E-state index in [4.69, 9.17) is 4.74 Å². The molecule has 1 aromatic heterocycles. The van der Waals surface area contributed by atoms with E-state index >= 15 is 0 Å². The van der Waals surface area contributed by atoms with Crippen LogP contribution in [0.25, 0.3) is 0 Å². The highest BCUT2D eigenvalue weighted by atomic mass is 16.5. The van der Waals surface area contributed by atoms with Gasteiger partial charge in [0.25, 0.3) is 0 Å². The molecular weight excluding hydrogens is 252 g/mol. The zero-order valence-electron chi connectivity index (χ0n) is 12.4. The molecule has 3 rings (SSSR count). The van der Waals surface area contributed by atoms with Crippen LogP contribution in [0.4, 0.5) is 11.6 Å². The maximum Gasteiger partial charge on any atom is 0.136 e. The summed E-state index contributed by atoms with van der Waals surface area (Å²) in [6.45, 7) is 6.92. The molecule has 0 spiro atoms. The highest BCUT2D eigenvalue weighted by Crippen LogP contribution is 2.39. The molecule has 5 heteroatoms. The fourth-order valence-electron chi connectivity index (χ4n) is 2.63. The van der Waals surface area contributed by atoms with Crippen molar-refractivity contribution in [3.63, 3.8) is 0 Å². The lowest BCUT2D eigenvalue weighted by Crippen LogP contribution is -2.27. The van der Waals surface area contributed by atoms with E-state index in [0.29, 0.717) is 17.9 Å². The van der Waals surface area contributed by atoms with Crippen molar-refractivity contribution < 1.29 is 4.74 Å². The van der Waals surface area contributed by atoms with Gasteiger partial charge in [-0.2, -0.15) is 0 Å². The van der Waals surface area contributed by atoms with Gasteiger partial charge in [0.1, 0.15) is 17.5 Å². The first-order chi connectivity index (χ1) is 9.76. The lowest BCUT2D eigenvalue weighted by Gasteiger charge is -2.20. The van der Waals surface area contributed by atoms with Crippen molar-refractivity contribution in [2.75, 3.05) is 30.4 Å². The zero-order chi connectivity index (χ0) is 13.9. The van der Waals surface area contributed by atoms with E-state index in [1.807, 2.05) is 6.07 Å². The summed E-state index contributed by atoms with van der Waals surface area (Å²) in [7, 11) is 0. The molecule has 1 saturated carbocycles. The summed E-state index contributed by atoms with van der Waals surface area (Å²) in [5, 5.41) is 6.83. The van der Waals surface area contributed by atoms with Gasteiger partial charge < -0.3 is 15.4 Å². The SMILES string of the molecule is CCNc1cc(NC(C)C2CCOC2)nc(C2CC2)n1. The van der Waals surface area contributed by atoms with Gasteiger partial charge in [-0.05, 0) is 33.1 Å². The van der Waals surface area contributed by atoms with Gasteiger partial charge in [0.2, 0.25) is 0 Å². The first kappa shape index (κ1) is 13.6. The first-order valence-electron chi connectivity index (χ1n) is 7.73. The van der Waals surface area contributed by atoms with Gasteiger partial charge in [-0.25, -0.2) is 9.97 Å². The molecule has 1 saturated heterocycles. The molecule has 2 N–H and O–H groups in total. The van der Waals surface area contributed by atoms with E-state index in [9.17, 15) is 0 Å². The van der Waals surface area contributed by atoms with Gasteiger partial charge in [0, 0.05) is 37.1 Å². The van der Waals surface area contributed by atoms with E-state index in [-0.39, 0.29) is 0 Å². The topological polar surface area (TPSA) is 59.1 Å². The van der Waals surface area contributed by atoms with E-state index in [0.717, 1.165) is 43.6 Å². The molecule has 0 amide bonds. The van der Waals surface area contributed by atoms with Crippen LogP contribution in [0.1, 0.15) is 44.9 Å². The second kappa shape index (κ2) is 5.95. The lowest BCUT2D eigenvalue weighted by atomic mass is 10.0. The van der Waals surface area contributed by atoms with Crippen molar-refractivity contribution >= 4 is 11.6 Å². The van der Waals surface area contributed by atoms with Crippen molar-refractivity contribution in [1.29, 1.82) is 0 Å². The van der Waals surface area contributed by atoms with Crippen LogP contribution in [0.2, 0.25) is 0 Å². The van der Waals surface area contributed by atoms with Crippen molar-refractivity contribution in [2.45, 2.75) is 45.1 Å². The number of nitrogens with one attached hydrogen (secondary N) is 2. The monoisotopic (exact) mass is 276 g/mol. The number of anilines is 2. The van der Waals surface area contributed by atoms with E-state index in [1.54, 1.807) is 0 Å². The Kier molecular flexibility index (Phi) is 4.05. The summed E-state index contributed by atoms with van der Waals surface area (Å²) in [5.41, 5.74) is 0. The number of rotatable bonds is 6. The molecule has 20 heavy (non-hydrogen) atoms. The molecule has 0 bridgehead atoms. The Bertz CT molecular complexity index is 455. The quantitative estimate of drug-likeness (QED) is 0.836. The Morgan fingerprint density at radius 1 is 1.30 bits per heavy atom. The minimum absolute atomic E-state index is 0.383. The molecule has 5 nitrogen and oxygen atoms in total. The molecule has 1 aromatic rings. The summed E-state index contributed by atoms with van der Waals surface area (Å²) in [6.07, 6.45) is 3.58. The predicted molar refractivity (Wildman–Crippen MR) is 80.2 cm³/mol. The Morgan fingerprint density at radius 2 is 2.10 bits per heavy atom. The normalized spacial score (nSPS) is 23.6. The highest BCUT2D eigenvalue weighted by Gasteiger charge is 2.28. The minimum Gasteiger partial charge on any atom is -0.381 e. The van der Waals surface area contributed by atoms with E-state index < -0.39 is 0 Å². The molecule has 2 heterocycles. The van der Waals surface area contributed by atoms with Crippen LogP contribution in [0.5, 0.6) is 0 Å². The second-order valence-corrected chi connectivity index (χ2v) is 5.86. The standard InChI is InChI=1S/C15H24N4O/c1-3-16-13-8-14(19-15(18-13)11-4-5-11)17-10(2)12-6-7-20-9-12/h8,10-12H,3-7,9H2,1-2H3,(H2,16,17,18,19). The maximum atomic E-state index is 5.47. The Morgan fingerprint density at radius 3 is 2.75 bits per heavy atom. The Hall–Kier alpha value is -1.36. The summed E-state index contributed by atoms with van der Waals surface area (Å²) in [5.74, 6) is 4.01. The largest absolute Gasteiger partial charge is 0.381 e. The van der Waals surface area contributed by atoms with E-state index in [2.05, 4.69) is 34.4 Å². The number of ether oxygens (including phenoxy) is 1. The van der Waals surface area contributed by atoms with Crippen LogP contribution >= 0.6 is 0 Å². The van der Waals surface area contributed by atoms with Gasteiger partial charge in [0.15, 0.2) is 0 Å². The minimum atomic E-state index is 0.383. The predicted octanol–water partition coefficient (Wildman–Crippen LogP) is 2.62. The first-order valence-corrected chi connectivity index (χ1v) is 7.73. The van der Waals surface area contributed by atoms with Gasteiger partial charge in [-0.15, -0.1) is 0 Å². The average molecular weight is 276 g/mol. The Labute approximate surface area is 120 Å². The average Bonchev–Trinajstić information content (AvgIpc) is 3.13. The van der Waals surface area contributed by atoms with Gasteiger partial charge >= 0.3 is 0 Å². The molecule has 2 unspecified atom stereocenters.